The third-order valence-electron chi connectivity index (χ3n) is 1.24. The van der Waals surface area contributed by atoms with Gasteiger partial charge in [0.05, 0.1) is 0 Å². The third kappa shape index (κ3) is 5.17. The van der Waals surface area contributed by atoms with Gasteiger partial charge in [-0.05, 0) is 25.5 Å². The summed E-state index contributed by atoms with van der Waals surface area (Å²) in [5.41, 5.74) is 0. The summed E-state index contributed by atoms with van der Waals surface area (Å²) in [6, 6.07) is 0. The summed E-state index contributed by atoms with van der Waals surface area (Å²) in [4.78, 5) is 2.02. The molecule has 0 saturated carbocycles. The predicted molar refractivity (Wildman–Crippen MR) is 52.6 cm³/mol. The molecule has 0 aromatic heterocycles. The topological polar surface area (TPSA) is 38.8 Å². The van der Waals surface area contributed by atoms with Gasteiger partial charge in [-0.2, -0.15) is 0 Å². The molecule has 0 heterocycles. The third-order valence-corrected chi connectivity index (χ3v) is 5.20. The Morgan fingerprint density at radius 3 is 2.17 bits per heavy atom. The highest BCUT2D eigenvalue weighted by atomic mass is 32.7. The molecule has 0 aliphatic carbocycles. The first-order valence-corrected chi connectivity index (χ1v) is 6.68. The lowest BCUT2D eigenvalue weighted by atomic mass is 10.7. The second-order valence-electron chi connectivity index (χ2n) is 2.45. The maximum absolute atomic E-state index is 11.4. The van der Waals surface area contributed by atoms with Crippen molar-refractivity contribution >= 4 is 18.2 Å². The maximum atomic E-state index is 11.4. The molecule has 0 fully saturated rings. The summed E-state index contributed by atoms with van der Waals surface area (Å²) in [5.74, 6) is 0.742. The van der Waals surface area contributed by atoms with Crippen LogP contribution in [0.4, 0.5) is 0 Å². The van der Waals surface area contributed by atoms with E-state index in [2.05, 4.69) is 0 Å². The van der Waals surface area contributed by atoms with Crippen molar-refractivity contribution in [3.05, 3.63) is 0 Å². The maximum Gasteiger partial charge on any atom is 0.388 e. The van der Waals surface area contributed by atoms with Crippen LogP contribution in [0.2, 0.25) is 0 Å². The van der Waals surface area contributed by atoms with Gasteiger partial charge >= 0.3 is 6.80 Å². The van der Waals surface area contributed by atoms with Crippen LogP contribution in [0.25, 0.3) is 0 Å². The molecule has 0 bridgehead atoms. The molecule has 6 heteroatoms. The average molecular weight is 213 g/mol. The molecule has 0 radical (unpaired) electrons. The first-order valence-electron chi connectivity index (χ1n) is 3.55. The van der Waals surface area contributed by atoms with E-state index in [4.69, 9.17) is 9.05 Å². The summed E-state index contributed by atoms with van der Waals surface area (Å²) < 4.78 is 20.9. The SMILES string of the molecule is COP(=O)(OC)SCCN(C)C. The Balaban J connectivity index is 3.67. The average Bonchev–Trinajstić information content (AvgIpc) is 2.03. The number of rotatable bonds is 6. The van der Waals surface area contributed by atoms with Gasteiger partial charge in [-0.3, -0.25) is 0 Å². The predicted octanol–water partition coefficient (Wildman–Crippen LogP) is 1.68. The minimum Gasteiger partial charge on any atom is -0.309 e. The lowest BCUT2D eigenvalue weighted by Crippen LogP contribution is -2.14. The fourth-order valence-electron chi connectivity index (χ4n) is 0.515. The van der Waals surface area contributed by atoms with Crippen molar-refractivity contribution in [2.75, 3.05) is 40.6 Å². The van der Waals surface area contributed by atoms with E-state index in [0.29, 0.717) is 0 Å². The van der Waals surface area contributed by atoms with Gasteiger partial charge in [0, 0.05) is 26.5 Å². The van der Waals surface area contributed by atoms with E-state index < -0.39 is 6.80 Å². The van der Waals surface area contributed by atoms with Crippen molar-refractivity contribution in [3.63, 3.8) is 0 Å². The highest BCUT2D eigenvalue weighted by Crippen LogP contribution is 2.59. The smallest absolute Gasteiger partial charge is 0.309 e. The molecule has 0 rings (SSSR count). The molecular formula is C6H16NO3PS. The van der Waals surface area contributed by atoms with Crippen molar-refractivity contribution in [1.82, 2.24) is 4.90 Å². The van der Waals surface area contributed by atoms with Gasteiger partial charge in [-0.25, -0.2) is 4.57 Å². The Morgan fingerprint density at radius 2 is 1.83 bits per heavy atom. The molecule has 0 spiro atoms. The van der Waals surface area contributed by atoms with Gasteiger partial charge in [0.15, 0.2) is 0 Å². The Labute approximate surface area is 77.9 Å². The normalized spacial score (nSPS) is 12.4. The molecule has 0 saturated heterocycles. The molecule has 12 heavy (non-hydrogen) atoms. The van der Waals surface area contributed by atoms with E-state index in [1.54, 1.807) is 0 Å². The van der Waals surface area contributed by atoms with Crippen molar-refractivity contribution < 1.29 is 13.6 Å². The van der Waals surface area contributed by atoms with Gasteiger partial charge in [0.2, 0.25) is 0 Å². The van der Waals surface area contributed by atoms with Crippen LogP contribution in [-0.4, -0.2) is 45.5 Å². The molecule has 0 N–H and O–H groups in total. The van der Waals surface area contributed by atoms with Crippen LogP contribution in [0.3, 0.4) is 0 Å². The standard InChI is InChI=1S/C6H16NO3PS/c1-7(2)5-6-12-11(8,9-3)10-4/h5-6H2,1-4H3. The molecule has 0 aliphatic heterocycles. The zero-order valence-electron chi connectivity index (χ0n) is 7.94. The molecule has 0 aromatic carbocycles. The van der Waals surface area contributed by atoms with Crippen LogP contribution in [-0.2, 0) is 13.6 Å². The van der Waals surface area contributed by atoms with Crippen LogP contribution in [0, 0.1) is 0 Å². The monoisotopic (exact) mass is 213 g/mol. The molecule has 4 nitrogen and oxygen atoms in total. The number of hydrogen-bond acceptors (Lipinski definition) is 5. The van der Waals surface area contributed by atoms with E-state index in [9.17, 15) is 4.57 Å². The van der Waals surface area contributed by atoms with Crippen molar-refractivity contribution in [3.8, 4) is 0 Å². The van der Waals surface area contributed by atoms with Crippen LogP contribution in [0.5, 0.6) is 0 Å². The van der Waals surface area contributed by atoms with E-state index >= 15 is 0 Å². The summed E-state index contributed by atoms with van der Waals surface area (Å²) >= 11 is 1.22. The fourth-order valence-corrected chi connectivity index (χ4v) is 3.09. The van der Waals surface area contributed by atoms with E-state index in [-0.39, 0.29) is 0 Å². The molecule has 74 valence electrons. The lowest BCUT2D eigenvalue weighted by Gasteiger charge is -2.14. The van der Waals surface area contributed by atoms with Crippen molar-refractivity contribution in [1.29, 1.82) is 0 Å². The van der Waals surface area contributed by atoms with Gasteiger partial charge in [-0.1, -0.05) is 0 Å². The van der Waals surface area contributed by atoms with Gasteiger partial charge in [0.25, 0.3) is 0 Å². The molecular weight excluding hydrogens is 197 g/mol. The Morgan fingerprint density at radius 1 is 1.33 bits per heavy atom. The molecule has 0 unspecified atom stereocenters. The van der Waals surface area contributed by atoms with E-state index in [1.165, 1.54) is 25.6 Å². The lowest BCUT2D eigenvalue weighted by molar-refractivity contribution is 0.295. The highest BCUT2D eigenvalue weighted by Gasteiger charge is 2.21. The minimum atomic E-state index is -2.85. The number of hydrogen-bond donors (Lipinski definition) is 0. The minimum absolute atomic E-state index is 0.742. The first kappa shape index (κ1) is 12.5. The van der Waals surface area contributed by atoms with Crippen LogP contribution >= 0.6 is 18.2 Å². The largest absolute Gasteiger partial charge is 0.388 e. The van der Waals surface area contributed by atoms with Crippen LogP contribution in [0.1, 0.15) is 0 Å². The van der Waals surface area contributed by atoms with E-state index in [1.807, 2.05) is 19.0 Å². The Bertz CT molecular complexity index is 157. The van der Waals surface area contributed by atoms with Crippen LogP contribution < -0.4 is 0 Å². The molecule has 0 aliphatic rings. The zero-order valence-corrected chi connectivity index (χ0v) is 9.65. The Hall–Kier alpha value is 0.460. The zero-order chi connectivity index (χ0) is 9.61. The summed E-state index contributed by atoms with van der Waals surface area (Å²) in [7, 11) is 6.72. The van der Waals surface area contributed by atoms with E-state index in [0.717, 1.165) is 12.3 Å². The molecule has 0 aromatic rings. The van der Waals surface area contributed by atoms with Gasteiger partial charge < -0.3 is 13.9 Å². The fraction of sp³-hybridized carbons (Fsp3) is 1.00. The van der Waals surface area contributed by atoms with Crippen LogP contribution in [0.15, 0.2) is 0 Å². The summed E-state index contributed by atoms with van der Waals surface area (Å²) in [6.45, 7) is -1.98. The molecule has 0 atom stereocenters. The Kier molecular flexibility index (Phi) is 6.23. The quantitative estimate of drug-likeness (QED) is 0.628. The highest BCUT2D eigenvalue weighted by molar-refractivity contribution is 8.55. The molecule has 0 amide bonds. The van der Waals surface area contributed by atoms with Crippen molar-refractivity contribution in [2.24, 2.45) is 0 Å². The van der Waals surface area contributed by atoms with Crippen molar-refractivity contribution in [2.45, 2.75) is 0 Å². The second-order valence-corrected chi connectivity index (χ2v) is 6.86. The summed E-state index contributed by atoms with van der Waals surface area (Å²) in [5, 5.41) is 0. The van der Waals surface area contributed by atoms with Gasteiger partial charge in [0.1, 0.15) is 0 Å². The summed E-state index contributed by atoms with van der Waals surface area (Å²) in [6.07, 6.45) is 0. The van der Waals surface area contributed by atoms with Gasteiger partial charge in [-0.15, -0.1) is 0 Å². The first-order chi connectivity index (χ1) is 5.54. The second kappa shape index (κ2) is 6.00. The number of nitrogens with zero attached hydrogens (tertiary/aromatic N) is 1.